The van der Waals surface area contributed by atoms with Crippen LogP contribution in [-0.4, -0.2) is 24.8 Å². The van der Waals surface area contributed by atoms with Crippen molar-refractivity contribution in [3.8, 4) is 5.75 Å². The minimum Gasteiger partial charge on any atom is -0.497 e. The number of hydrogen-bond donors (Lipinski definition) is 0. The van der Waals surface area contributed by atoms with Crippen LogP contribution in [0.4, 0.5) is 4.39 Å². The van der Waals surface area contributed by atoms with E-state index in [2.05, 4.69) is 0 Å². The molecule has 1 aromatic rings. The predicted octanol–water partition coefficient (Wildman–Crippen LogP) is 2.05. The Morgan fingerprint density at radius 3 is 2.30 bits per heavy atom. The van der Waals surface area contributed by atoms with Crippen molar-refractivity contribution in [1.29, 1.82) is 0 Å². The summed E-state index contributed by atoms with van der Waals surface area (Å²) in [6, 6.07) is 4.05. The highest BCUT2D eigenvalue weighted by Crippen LogP contribution is 2.25. The third kappa shape index (κ3) is 2.79. The summed E-state index contributed by atoms with van der Waals surface area (Å²) in [5.74, 6) is -3.30. The molecule has 0 aliphatic carbocycles. The zero-order chi connectivity index (χ0) is 14.9. The molecule has 0 saturated carbocycles. The maximum Gasteiger partial charge on any atom is 0.348 e. The lowest BCUT2D eigenvalue weighted by molar-refractivity contribution is -0.222. The van der Waals surface area contributed by atoms with Gasteiger partial charge < -0.3 is 14.2 Å². The Kier molecular flexibility index (Phi) is 3.48. The van der Waals surface area contributed by atoms with Crippen molar-refractivity contribution in [1.82, 2.24) is 0 Å². The van der Waals surface area contributed by atoms with Gasteiger partial charge in [0.05, 0.1) is 7.11 Å². The second-order valence-electron chi connectivity index (χ2n) is 4.62. The summed E-state index contributed by atoms with van der Waals surface area (Å²) in [6.07, 6.45) is 1.09. The predicted molar refractivity (Wildman–Crippen MR) is 67.2 cm³/mol. The maximum atomic E-state index is 13.8. The lowest BCUT2D eigenvalue weighted by Crippen LogP contribution is -2.41. The summed E-state index contributed by atoms with van der Waals surface area (Å²) in [5, 5.41) is 0. The van der Waals surface area contributed by atoms with Gasteiger partial charge in [-0.1, -0.05) is 0 Å². The smallest absolute Gasteiger partial charge is 0.348 e. The van der Waals surface area contributed by atoms with Crippen molar-refractivity contribution in [2.75, 3.05) is 7.11 Å². The molecule has 5 nitrogen and oxygen atoms in total. The Morgan fingerprint density at radius 1 is 1.20 bits per heavy atom. The van der Waals surface area contributed by atoms with Crippen molar-refractivity contribution in [2.24, 2.45) is 0 Å². The quantitative estimate of drug-likeness (QED) is 0.471. The van der Waals surface area contributed by atoms with E-state index in [1.807, 2.05) is 0 Å². The summed E-state index contributed by atoms with van der Waals surface area (Å²) in [5.41, 5.74) is -0.289. The van der Waals surface area contributed by atoms with Crippen LogP contribution in [0, 0.1) is 5.82 Å². The second-order valence-corrected chi connectivity index (χ2v) is 4.62. The molecule has 20 heavy (non-hydrogen) atoms. The van der Waals surface area contributed by atoms with E-state index < -0.39 is 23.5 Å². The highest BCUT2D eigenvalue weighted by atomic mass is 19.1. The Hall–Kier alpha value is -2.37. The molecule has 0 spiro atoms. The zero-order valence-electron chi connectivity index (χ0n) is 11.2. The maximum absolute atomic E-state index is 13.8. The van der Waals surface area contributed by atoms with Crippen LogP contribution in [0.1, 0.15) is 19.4 Å². The van der Waals surface area contributed by atoms with Gasteiger partial charge in [-0.05, 0) is 18.2 Å². The molecular weight excluding hydrogens is 267 g/mol. The largest absolute Gasteiger partial charge is 0.497 e. The Bertz CT molecular complexity index is 582. The number of cyclic esters (lactones) is 2. The average molecular weight is 280 g/mol. The molecule has 0 aromatic heterocycles. The monoisotopic (exact) mass is 280 g/mol. The zero-order valence-corrected chi connectivity index (χ0v) is 11.2. The molecule has 1 fully saturated rings. The van der Waals surface area contributed by atoms with E-state index in [9.17, 15) is 14.0 Å². The fourth-order valence-electron chi connectivity index (χ4n) is 1.69. The first kappa shape index (κ1) is 14.0. The number of benzene rings is 1. The number of halogens is 1. The summed E-state index contributed by atoms with van der Waals surface area (Å²) in [4.78, 5) is 23.4. The van der Waals surface area contributed by atoms with Crippen LogP contribution >= 0.6 is 0 Å². The van der Waals surface area contributed by atoms with Crippen LogP contribution < -0.4 is 4.74 Å². The molecule has 1 aromatic carbocycles. The number of carbonyl (C=O) groups is 2. The van der Waals surface area contributed by atoms with Crippen molar-refractivity contribution in [3.05, 3.63) is 35.2 Å². The fourth-order valence-corrected chi connectivity index (χ4v) is 1.69. The number of methoxy groups -OCH3 is 1. The molecule has 1 heterocycles. The molecule has 1 aliphatic heterocycles. The van der Waals surface area contributed by atoms with Gasteiger partial charge in [-0.15, -0.1) is 0 Å². The van der Waals surface area contributed by atoms with Gasteiger partial charge in [-0.3, -0.25) is 0 Å². The molecule has 0 N–H and O–H groups in total. The number of carbonyl (C=O) groups excluding carboxylic acids is 2. The first-order chi connectivity index (χ1) is 9.32. The lowest BCUT2D eigenvalue weighted by Gasteiger charge is -2.29. The van der Waals surface area contributed by atoms with E-state index in [0.29, 0.717) is 5.75 Å². The lowest BCUT2D eigenvalue weighted by atomic mass is 10.1. The molecule has 1 aliphatic rings. The van der Waals surface area contributed by atoms with Gasteiger partial charge in [0.1, 0.15) is 17.1 Å². The number of esters is 2. The molecule has 6 heteroatoms. The third-order valence-corrected chi connectivity index (χ3v) is 2.62. The van der Waals surface area contributed by atoms with Gasteiger partial charge in [0.2, 0.25) is 0 Å². The van der Waals surface area contributed by atoms with Crippen molar-refractivity contribution >= 4 is 18.0 Å². The van der Waals surface area contributed by atoms with Crippen molar-refractivity contribution in [2.45, 2.75) is 19.6 Å². The number of hydrogen-bond acceptors (Lipinski definition) is 5. The van der Waals surface area contributed by atoms with Gasteiger partial charge in [0.25, 0.3) is 5.79 Å². The van der Waals surface area contributed by atoms with Gasteiger partial charge in [0, 0.05) is 25.5 Å². The van der Waals surface area contributed by atoms with Crippen LogP contribution in [0.15, 0.2) is 23.8 Å². The van der Waals surface area contributed by atoms with E-state index in [0.717, 1.165) is 12.1 Å². The highest BCUT2D eigenvalue weighted by Gasteiger charge is 2.38. The third-order valence-electron chi connectivity index (χ3n) is 2.62. The van der Waals surface area contributed by atoms with Crippen LogP contribution in [0.25, 0.3) is 6.08 Å². The molecular formula is C14H13FO5. The minimum atomic E-state index is -1.32. The second kappa shape index (κ2) is 4.96. The topological polar surface area (TPSA) is 61.8 Å². The normalized spacial score (nSPS) is 17.3. The van der Waals surface area contributed by atoms with E-state index >= 15 is 0 Å². The van der Waals surface area contributed by atoms with Crippen LogP contribution in [-0.2, 0) is 19.1 Å². The SMILES string of the molecule is COc1ccc(C=C2C(=O)OC(C)(C)OC2=O)c(F)c1. The Balaban J connectivity index is 2.36. The molecule has 0 unspecified atom stereocenters. The van der Waals surface area contributed by atoms with Crippen molar-refractivity contribution in [3.63, 3.8) is 0 Å². The van der Waals surface area contributed by atoms with Gasteiger partial charge >= 0.3 is 11.9 Å². The summed E-state index contributed by atoms with van der Waals surface area (Å²) in [7, 11) is 1.41. The van der Waals surface area contributed by atoms with Crippen LogP contribution in [0.5, 0.6) is 5.75 Å². The standard InChI is InChI=1S/C14H13FO5/c1-14(2)19-12(16)10(13(17)20-14)6-8-4-5-9(18-3)7-11(8)15/h4-7H,1-3H3. The van der Waals surface area contributed by atoms with E-state index in [1.54, 1.807) is 0 Å². The fraction of sp³-hybridized carbons (Fsp3) is 0.286. The number of ether oxygens (including phenoxy) is 3. The molecule has 1 saturated heterocycles. The summed E-state index contributed by atoms with van der Waals surface area (Å²) in [6.45, 7) is 2.88. The van der Waals surface area contributed by atoms with Gasteiger partial charge in [0.15, 0.2) is 0 Å². The average Bonchev–Trinajstić information content (AvgIpc) is 2.34. The van der Waals surface area contributed by atoms with Crippen LogP contribution in [0.2, 0.25) is 0 Å². The first-order valence-electron chi connectivity index (χ1n) is 5.84. The van der Waals surface area contributed by atoms with Crippen molar-refractivity contribution < 1.29 is 28.2 Å². The molecule has 0 amide bonds. The molecule has 0 atom stereocenters. The summed E-state index contributed by atoms with van der Waals surface area (Å²) >= 11 is 0. The summed E-state index contributed by atoms with van der Waals surface area (Å²) < 4.78 is 28.5. The molecule has 0 bridgehead atoms. The Labute approximate surface area is 114 Å². The first-order valence-corrected chi connectivity index (χ1v) is 5.84. The van der Waals surface area contributed by atoms with Gasteiger partial charge in [-0.25, -0.2) is 14.0 Å². The number of rotatable bonds is 2. The highest BCUT2D eigenvalue weighted by molar-refractivity contribution is 6.18. The van der Waals surface area contributed by atoms with E-state index in [4.69, 9.17) is 14.2 Å². The van der Waals surface area contributed by atoms with E-state index in [1.165, 1.54) is 33.1 Å². The molecule has 0 radical (unpaired) electrons. The Morgan fingerprint density at radius 2 is 1.80 bits per heavy atom. The van der Waals surface area contributed by atoms with Crippen LogP contribution in [0.3, 0.4) is 0 Å². The van der Waals surface area contributed by atoms with Gasteiger partial charge in [-0.2, -0.15) is 0 Å². The van der Waals surface area contributed by atoms with E-state index in [-0.39, 0.29) is 11.1 Å². The minimum absolute atomic E-state index is 0.0643. The molecule has 2 rings (SSSR count). The molecule has 106 valence electrons.